The Kier molecular flexibility index (Phi) is 4.10. The number of hydrogen-bond acceptors (Lipinski definition) is 2. The third kappa shape index (κ3) is 2.51. The number of aryl methyl sites for hydroxylation is 1. The van der Waals surface area contributed by atoms with E-state index in [1.54, 1.807) is 0 Å². The Morgan fingerprint density at radius 1 is 1.38 bits per heavy atom. The van der Waals surface area contributed by atoms with E-state index >= 15 is 0 Å². The molecule has 0 aromatic carbocycles. The van der Waals surface area contributed by atoms with Crippen LogP contribution in [0.15, 0.2) is 0 Å². The summed E-state index contributed by atoms with van der Waals surface area (Å²) in [6.45, 7) is 3.88. The number of hydrogen-bond donors (Lipinski definition) is 0. The summed E-state index contributed by atoms with van der Waals surface area (Å²) >= 11 is 5.62. The summed E-state index contributed by atoms with van der Waals surface area (Å²) in [5.74, 6) is 1.54. The van der Waals surface area contributed by atoms with Crippen molar-refractivity contribution in [3.05, 3.63) is 11.3 Å². The van der Waals surface area contributed by atoms with Crippen LogP contribution in [0.1, 0.15) is 36.9 Å². The predicted octanol–water partition coefficient (Wildman–Crippen LogP) is 2.93. The molecule has 0 spiro atoms. The van der Waals surface area contributed by atoms with Gasteiger partial charge in [-0.1, -0.05) is 0 Å². The smallest absolute Gasteiger partial charge is 0.235 e. The van der Waals surface area contributed by atoms with Gasteiger partial charge in [0.05, 0.1) is 6.61 Å². The lowest BCUT2D eigenvalue weighted by Gasteiger charge is -2.12. The maximum absolute atomic E-state index is 5.70. The number of unbranched alkanes of at least 4 members (excludes halogenated alkanes) is 1. The van der Waals surface area contributed by atoms with E-state index in [0.29, 0.717) is 5.88 Å². The lowest BCUT2D eigenvalue weighted by molar-refractivity contribution is 0.291. The molecule has 90 valence electrons. The molecule has 0 radical (unpaired) electrons. The van der Waals surface area contributed by atoms with Crippen LogP contribution in [-0.2, 0) is 13.0 Å². The molecule has 2 heterocycles. The van der Waals surface area contributed by atoms with E-state index in [2.05, 4.69) is 16.7 Å². The van der Waals surface area contributed by atoms with Crippen molar-refractivity contribution in [3.63, 3.8) is 0 Å². The minimum Gasteiger partial charge on any atom is -0.476 e. The van der Waals surface area contributed by atoms with Crippen LogP contribution in [0, 0.1) is 6.92 Å². The first kappa shape index (κ1) is 11.8. The normalized spacial score (nSPS) is 14.9. The van der Waals surface area contributed by atoms with Gasteiger partial charge in [-0.25, -0.2) is 0 Å². The Morgan fingerprint density at radius 3 is 3.00 bits per heavy atom. The van der Waals surface area contributed by atoms with Crippen molar-refractivity contribution < 1.29 is 4.74 Å². The van der Waals surface area contributed by atoms with Crippen LogP contribution in [0.5, 0.6) is 5.88 Å². The first-order chi connectivity index (χ1) is 7.83. The van der Waals surface area contributed by atoms with Crippen molar-refractivity contribution in [2.45, 2.75) is 45.6 Å². The number of fused-ring (bicyclic) bond motifs is 1. The van der Waals surface area contributed by atoms with Crippen molar-refractivity contribution >= 4 is 11.6 Å². The van der Waals surface area contributed by atoms with Crippen LogP contribution in [0.3, 0.4) is 0 Å². The Hall–Kier alpha value is -0.700. The highest BCUT2D eigenvalue weighted by molar-refractivity contribution is 6.17. The lowest BCUT2D eigenvalue weighted by atomic mass is 10.1. The molecule has 0 unspecified atom stereocenters. The van der Waals surface area contributed by atoms with Crippen molar-refractivity contribution in [2.75, 3.05) is 12.5 Å². The van der Waals surface area contributed by atoms with E-state index in [4.69, 9.17) is 16.3 Å². The largest absolute Gasteiger partial charge is 0.476 e. The molecule has 0 aliphatic carbocycles. The molecule has 1 aliphatic rings. The van der Waals surface area contributed by atoms with E-state index in [1.807, 2.05) is 0 Å². The fourth-order valence-electron chi connectivity index (χ4n) is 2.12. The summed E-state index contributed by atoms with van der Waals surface area (Å²) < 4.78 is 7.81. The molecule has 0 bridgehead atoms. The molecule has 1 aliphatic heterocycles. The van der Waals surface area contributed by atoms with Crippen molar-refractivity contribution in [3.8, 4) is 5.88 Å². The number of nitrogens with zero attached hydrogens (tertiary/aromatic N) is 2. The summed E-state index contributed by atoms with van der Waals surface area (Å²) in [5.41, 5.74) is 2.59. The molecular weight excluding hydrogens is 224 g/mol. The van der Waals surface area contributed by atoms with Gasteiger partial charge < -0.3 is 4.74 Å². The molecule has 0 amide bonds. The van der Waals surface area contributed by atoms with Crippen molar-refractivity contribution in [1.82, 2.24) is 9.78 Å². The molecule has 4 heteroatoms. The monoisotopic (exact) mass is 242 g/mol. The SMILES string of the molecule is Cc1c(OCCCCCl)nn2c1CCCC2. The second-order valence-electron chi connectivity index (χ2n) is 4.30. The molecule has 0 atom stereocenters. The van der Waals surface area contributed by atoms with Crippen LogP contribution in [0.2, 0.25) is 0 Å². The van der Waals surface area contributed by atoms with Gasteiger partial charge in [-0.15, -0.1) is 16.7 Å². The fraction of sp³-hybridized carbons (Fsp3) is 0.750. The highest BCUT2D eigenvalue weighted by atomic mass is 35.5. The zero-order valence-electron chi connectivity index (χ0n) is 9.84. The van der Waals surface area contributed by atoms with Crippen LogP contribution in [0.4, 0.5) is 0 Å². The molecule has 2 rings (SSSR count). The second-order valence-corrected chi connectivity index (χ2v) is 4.68. The first-order valence-electron chi connectivity index (χ1n) is 6.08. The maximum Gasteiger partial charge on any atom is 0.235 e. The number of alkyl halides is 1. The third-order valence-corrected chi connectivity index (χ3v) is 3.34. The third-order valence-electron chi connectivity index (χ3n) is 3.08. The van der Waals surface area contributed by atoms with Crippen LogP contribution in [0.25, 0.3) is 0 Å². The Morgan fingerprint density at radius 2 is 2.25 bits per heavy atom. The van der Waals surface area contributed by atoms with Gasteiger partial charge in [-0.05, 0) is 39.0 Å². The average molecular weight is 243 g/mol. The molecular formula is C12H19ClN2O. The predicted molar refractivity (Wildman–Crippen MR) is 65.4 cm³/mol. The highest BCUT2D eigenvalue weighted by Gasteiger charge is 2.17. The fourth-order valence-corrected chi connectivity index (χ4v) is 2.31. The summed E-state index contributed by atoms with van der Waals surface area (Å²) in [6.07, 6.45) is 5.67. The van der Waals surface area contributed by atoms with Crippen molar-refractivity contribution in [2.24, 2.45) is 0 Å². The van der Waals surface area contributed by atoms with E-state index < -0.39 is 0 Å². The molecule has 0 fully saturated rings. The summed E-state index contributed by atoms with van der Waals surface area (Å²) in [7, 11) is 0. The number of rotatable bonds is 5. The lowest BCUT2D eigenvalue weighted by Crippen LogP contribution is -2.11. The van der Waals surface area contributed by atoms with E-state index in [9.17, 15) is 0 Å². The Bertz CT molecular complexity index is 349. The molecule has 3 nitrogen and oxygen atoms in total. The Labute approximate surface area is 102 Å². The minimum atomic E-state index is 0.710. The van der Waals surface area contributed by atoms with Crippen molar-refractivity contribution in [1.29, 1.82) is 0 Å². The zero-order chi connectivity index (χ0) is 11.4. The quantitative estimate of drug-likeness (QED) is 0.587. The molecule has 0 saturated carbocycles. The second kappa shape index (κ2) is 5.58. The van der Waals surface area contributed by atoms with Gasteiger partial charge in [0.2, 0.25) is 5.88 Å². The summed E-state index contributed by atoms with van der Waals surface area (Å²) in [6, 6.07) is 0. The summed E-state index contributed by atoms with van der Waals surface area (Å²) in [5, 5.41) is 4.51. The molecule has 1 aromatic rings. The summed E-state index contributed by atoms with van der Waals surface area (Å²) in [4.78, 5) is 0. The van der Waals surface area contributed by atoms with Gasteiger partial charge in [-0.2, -0.15) is 0 Å². The van der Waals surface area contributed by atoms with E-state index in [0.717, 1.165) is 38.3 Å². The van der Waals surface area contributed by atoms with Gasteiger partial charge in [0.15, 0.2) is 0 Å². The number of ether oxygens (including phenoxy) is 1. The topological polar surface area (TPSA) is 27.1 Å². The minimum absolute atomic E-state index is 0.710. The van der Waals surface area contributed by atoms with Crippen LogP contribution >= 0.6 is 11.6 Å². The van der Waals surface area contributed by atoms with Crippen LogP contribution < -0.4 is 4.74 Å². The average Bonchev–Trinajstić information content (AvgIpc) is 2.63. The van der Waals surface area contributed by atoms with E-state index in [1.165, 1.54) is 24.1 Å². The Balaban J connectivity index is 1.96. The van der Waals surface area contributed by atoms with Gasteiger partial charge in [-0.3, -0.25) is 4.68 Å². The van der Waals surface area contributed by atoms with Gasteiger partial charge in [0.25, 0.3) is 0 Å². The van der Waals surface area contributed by atoms with Gasteiger partial charge in [0, 0.05) is 23.7 Å². The maximum atomic E-state index is 5.70. The van der Waals surface area contributed by atoms with E-state index in [-0.39, 0.29) is 0 Å². The molecule has 16 heavy (non-hydrogen) atoms. The molecule has 0 saturated heterocycles. The van der Waals surface area contributed by atoms with Gasteiger partial charge in [0.1, 0.15) is 0 Å². The highest BCUT2D eigenvalue weighted by Crippen LogP contribution is 2.25. The molecule has 1 aromatic heterocycles. The standard InChI is InChI=1S/C12H19ClN2O/c1-10-11-6-2-4-8-15(11)14-12(10)16-9-5-3-7-13/h2-9H2,1H3. The first-order valence-corrected chi connectivity index (χ1v) is 6.61. The zero-order valence-corrected chi connectivity index (χ0v) is 10.6. The number of aromatic nitrogens is 2. The van der Waals surface area contributed by atoms with Crippen LogP contribution in [-0.4, -0.2) is 22.3 Å². The number of halogens is 1. The van der Waals surface area contributed by atoms with Gasteiger partial charge >= 0.3 is 0 Å². The molecule has 0 N–H and O–H groups in total.